The molecule has 0 aliphatic heterocycles. The maximum absolute atomic E-state index is 6.06. The Morgan fingerprint density at radius 3 is 2.18 bits per heavy atom. The minimum Gasteiger partial charge on any atom is -0.489 e. The summed E-state index contributed by atoms with van der Waals surface area (Å²) in [6.45, 7) is 3.57. The molecule has 0 radical (unpaired) electrons. The molecule has 0 spiro atoms. The Morgan fingerprint density at radius 2 is 1.54 bits per heavy atom. The van der Waals surface area contributed by atoms with Crippen LogP contribution in [0, 0.1) is 5.92 Å². The molecular formula is C26H29NO. The SMILES string of the molecule is CCc1ccc(-c2ccc(COc3ccc4c(c3)CCC(CN)C4)cc2)cc1. The summed E-state index contributed by atoms with van der Waals surface area (Å²) in [5.41, 5.74) is 13.8. The van der Waals surface area contributed by atoms with Gasteiger partial charge in [0.15, 0.2) is 0 Å². The van der Waals surface area contributed by atoms with E-state index in [1.807, 2.05) is 0 Å². The summed E-state index contributed by atoms with van der Waals surface area (Å²) in [5, 5.41) is 0. The third-order valence-electron chi connectivity index (χ3n) is 5.90. The Hall–Kier alpha value is -2.58. The molecule has 2 heteroatoms. The van der Waals surface area contributed by atoms with Crippen molar-refractivity contribution in [2.24, 2.45) is 11.7 Å². The third kappa shape index (κ3) is 4.28. The number of rotatable bonds is 6. The molecule has 0 aromatic heterocycles. The van der Waals surface area contributed by atoms with E-state index in [0.29, 0.717) is 12.5 Å². The van der Waals surface area contributed by atoms with Gasteiger partial charge in [-0.2, -0.15) is 0 Å². The molecule has 4 rings (SSSR count). The first kappa shape index (κ1) is 18.8. The summed E-state index contributed by atoms with van der Waals surface area (Å²) in [6, 6.07) is 24.0. The first-order valence-electron chi connectivity index (χ1n) is 10.4. The summed E-state index contributed by atoms with van der Waals surface area (Å²) in [7, 11) is 0. The fourth-order valence-corrected chi connectivity index (χ4v) is 3.99. The van der Waals surface area contributed by atoms with Crippen LogP contribution in [0.5, 0.6) is 5.75 Å². The number of aryl methyl sites for hydroxylation is 2. The number of fused-ring (bicyclic) bond motifs is 1. The van der Waals surface area contributed by atoms with Gasteiger partial charge in [0.1, 0.15) is 12.4 Å². The van der Waals surface area contributed by atoms with E-state index in [0.717, 1.165) is 31.6 Å². The molecule has 3 aromatic rings. The first-order valence-corrected chi connectivity index (χ1v) is 10.4. The van der Waals surface area contributed by atoms with Crippen molar-refractivity contribution in [2.75, 3.05) is 6.54 Å². The van der Waals surface area contributed by atoms with Crippen molar-refractivity contribution in [1.82, 2.24) is 0 Å². The highest BCUT2D eigenvalue weighted by Crippen LogP contribution is 2.28. The Labute approximate surface area is 168 Å². The van der Waals surface area contributed by atoms with Gasteiger partial charge < -0.3 is 10.5 Å². The van der Waals surface area contributed by atoms with Gasteiger partial charge in [-0.1, -0.05) is 61.5 Å². The molecule has 1 aliphatic rings. The topological polar surface area (TPSA) is 35.2 Å². The second-order valence-corrected chi connectivity index (χ2v) is 7.81. The highest BCUT2D eigenvalue weighted by atomic mass is 16.5. The summed E-state index contributed by atoms with van der Waals surface area (Å²) >= 11 is 0. The van der Waals surface area contributed by atoms with Crippen LogP contribution >= 0.6 is 0 Å². The van der Waals surface area contributed by atoms with E-state index in [4.69, 9.17) is 10.5 Å². The highest BCUT2D eigenvalue weighted by Gasteiger charge is 2.17. The Kier molecular flexibility index (Phi) is 5.78. The molecular weight excluding hydrogens is 342 g/mol. The minimum absolute atomic E-state index is 0.596. The second-order valence-electron chi connectivity index (χ2n) is 7.81. The number of ether oxygens (including phenoxy) is 1. The van der Waals surface area contributed by atoms with Crippen LogP contribution in [0.1, 0.15) is 35.6 Å². The average molecular weight is 372 g/mol. The van der Waals surface area contributed by atoms with Crippen molar-refractivity contribution in [3.63, 3.8) is 0 Å². The van der Waals surface area contributed by atoms with Crippen LogP contribution in [0.4, 0.5) is 0 Å². The van der Waals surface area contributed by atoms with Gasteiger partial charge in [-0.25, -0.2) is 0 Å². The predicted octanol–water partition coefficient (Wildman–Crippen LogP) is 5.56. The first-order chi connectivity index (χ1) is 13.7. The minimum atomic E-state index is 0.596. The van der Waals surface area contributed by atoms with Crippen molar-refractivity contribution in [3.05, 3.63) is 89.0 Å². The van der Waals surface area contributed by atoms with Gasteiger partial charge in [0.05, 0.1) is 0 Å². The van der Waals surface area contributed by atoms with Crippen LogP contribution in [-0.4, -0.2) is 6.54 Å². The van der Waals surface area contributed by atoms with Crippen molar-refractivity contribution in [2.45, 2.75) is 39.2 Å². The van der Waals surface area contributed by atoms with E-state index in [2.05, 4.69) is 73.7 Å². The van der Waals surface area contributed by atoms with E-state index in [9.17, 15) is 0 Å². The lowest BCUT2D eigenvalue weighted by molar-refractivity contribution is 0.305. The van der Waals surface area contributed by atoms with Gasteiger partial charge >= 0.3 is 0 Å². The van der Waals surface area contributed by atoms with Gasteiger partial charge in [0.2, 0.25) is 0 Å². The quantitative estimate of drug-likeness (QED) is 0.616. The summed E-state index contributed by atoms with van der Waals surface area (Å²) in [5.74, 6) is 1.60. The lowest BCUT2D eigenvalue weighted by Gasteiger charge is -2.23. The van der Waals surface area contributed by atoms with Crippen LogP contribution < -0.4 is 10.5 Å². The molecule has 28 heavy (non-hydrogen) atoms. The maximum atomic E-state index is 6.06. The lowest BCUT2D eigenvalue weighted by Crippen LogP contribution is -2.22. The fraction of sp³-hybridized carbons (Fsp3) is 0.308. The number of nitrogens with two attached hydrogens (primary N) is 1. The summed E-state index contributed by atoms with van der Waals surface area (Å²) in [4.78, 5) is 0. The maximum Gasteiger partial charge on any atom is 0.120 e. The molecule has 0 heterocycles. The van der Waals surface area contributed by atoms with Gasteiger partial charge in [0, 0.05) is 0 Å². The second kappa shape index (κ2) is 8.62. The van der Waals surface area contributed by atoms with Crippen LogP contribution in [0.25, 0.3) is 11.1 Å². The largest absolute Gasteiger partial charge is 0.489 e. The zero-order valence-electron chi connectivity index (χ0n) is 16.7. The Balaban J connectivity index is 1.38. The van der Waals surface area contributed by atoms with E-state index < -0.39 is 0 Å². The molecule has 1 unspecified atom stereocenters. The molecule has 0 saturated carbocycles. The number of hydrogen-bond donors (Lipinski definition) is 1. The zero-order valence-corrected chi connectivity index (χ0v) is 16.7. The van der Waals surface area contributed by atoms with E-state index in [1.165, 1.54) is 39.8 Å². The number of hydrogen-bond acceptors (Lipinski definition) is 2. The summed E-state index contributed by atoms with van der Waals surface area (Å²) < 4.78 is 6.06. The monoisotopic (exact) mass is 371 g/mol. The molecule has 0 amide bonds. The highest BCUT2D eigenvalue weighted by molar-refractivity contribution is 5.64. The van der Waals surface area contributed by atoms with Crippen LogP contribution in [0.2, 0.25) is 0 Å². The van der Waals surface area contributed by atoms with Gasteiger partial charge in [-0.3, -0.25) is 0 Å². The molecule has 1 atom stereocenters. The predicted molar refractivity (Wildman–Crippen MR) is 117 cm³/mol. The standard InChI is InChI=1S/C26H29NO/c1-2-19-3-8-22(9-4-19)23-10-5-20(6-11-23)18-28-26-14-13-24-15-21(17-27)7-12-25(24)16-26/h3-6,8-11,13-14,16,21H,2,7,12,15,17-18,27H2,1H3. The number of benzene rings is 3. The van der Waals surface area contributed by atoms with Crippen LogP contribution in [-0.2, 0) is 25.9 Å². The van der Waals surface area contributed by atoms with Gasteiger partial charge in [-0.05, 0) is 83.7 Å². The molecule has 2 N–H and O–H groups in total. The van der Waals surface area contributed by atoms with Crippen molar-refractivity contribution in [3.8, 4) is 16.9 Å². The van der Waals surface area contributed by atoms with E-state index in [1.54, 1.807) is 0 Å². The molecule has 0 bridgehead atoms. The van der Waals surface area contributed by atoms with Crippen molar-refractivity contribution in [1.29, 1.82) is 0 Å². The normalized spacial score (nSPS) is 15.9. The molecule has 1 aliphatic carbocycles. The van der Waals surface area contributed by atoms with E-state index >= 15 is 0 Å². The van der Waals surface area contributed by atoms with Crippen LogP contribution in [0.3, 0.4) is 0 Å². The molecule has 0 saturated heterocycles. The average Bonchev–Trinajstić information content (AvgIpc) is 2.77. The molecule has 2 nitrogen and oxygen atoms in total. The fourth-order valence-electron chi connectivity index (χ4n) is 3.99. The van der Waals surface area contributed by atoms with Gasteiger partial charge in [0.25, 0.3) is 0 Å². The Morgan fingerprint density at radius 1 is 0.857 bits per heavy atom. The molecule has 144 valence electrons. The van der Waals surface area contributed by atoms with Crippen LogP contribution in [0.15, 0.2) is 66.7 Å². The van der Waals surface area contributed by atoms with E-state index in [-0.39, 0.29) is 0 Å². The smallest absolute Gasteiger partial charge is 0.120 e. The van der Waals surface area contributed by atoms with Crippen molar-refractivity contribution >= 4 is 0 Å². The summed E-state index contributed by atoms with van der Waals surface area (Å²) in [6.07, 6.45) is 4.48. The molecule has 3 aromatic carbocycles. The molecule has 0 fully saturated rings. The van der Waals surface area contributed by atoms with Crippen molar-refractivity contribution < 1.29 is 4.74 Å². The Bertz CT molecular complexity index is 912. The lowest BCUT2D eigenvalue weighted by atomic mass is 9.84. The third-order valence-corrected chi connectivity index (χ3v) is 5.90. The zero-order chi connectivity index (χ0) is 19.3. The van der Waals surface area contributed by atoms with Gasteiger partial charge in [-0.15, -0.1) is 0 Å².